The Morgan fingerprint density at radius 1 is 1.38 bits per heavy atom. The standard InChI is InChI=1S/C11H12FN3O/c1-15-11(13)6-9(14-15)8-5-7(12)3-4-10(8)16-2/h3-6H,13H2,1-2H3. The van der Waals surface area contributed by atoms with Gasteiger partial charge in [0, 0.05) is 18.7 Å². The first kappa shape index (κ1) is 10.5. The molecule has 84 valence electrons. The van der Waals surface area contributed by atoms with Crippen LogP contribution in [0, 0.1) is 5.82 Å². The molecular formula is C11H12FN3O. The highest BCUT2D eigenvalue weighted by Crippen LogP contribution is 2.30. The number of hydrogen-bond donors (Lipinski definition) is 1. The van der Waals surface area contributed by atoms with E-state index in [1.54, 1.807) is 19.2 Å². The van der Waals surface area contributed by atoms with Gasteiger partial charge in [-0.15, -0.1) is 0 Å². The number of halogens is 1. The molecule has 1 aromatic heterocycles. The van der Waals surface area contributed by atoms with E-state index in [1.807, 2.05) is 0 Å². The normalized spacial score (nSPS) is 10.4. The fraction of sp³-hybridized carbons (Fsp3) is 0.182. The first-order chi connectivity index (χ1) is 7.61. The molecular weight excluding hydrogens is 209 g/mol. The minimum absolute atomic E-state index is 0.333. The van der Waals surface area contributed by atoms with Crippen LogP contribution in [-0.4, -0.2) is 16.9 Å². The van der Waals surface area contributed by atoms with Crippen LogP contribution in [0.25, 0.3) is 11.3 Å². The van der Waals surface area contributed by atoms with Crippen LogP contribution >= 0.6 is 0 Å². The van der Waals surface area contributed by atoms with Crippen LogP contribution in [0.5, 0.6) is 5.75 Å². The molecule has 0 aliphatic carbocycles. The number of methoxy groups -OCH3 is 1. The number of benzene rings is 1. The number of rotatable bonds is 2. The van der Waals surface area contributed by atoms with Gasteiger partial charge in [0.1, 0.15) is 17.4 Å². The number of nitrogens with zero attached hydrogens (tertiary/aromatic N) is 2. The van der Waals surface area contributed by atoms with Crippen molar-refractivity contribution in [2.75, 3.05) is 12.8 Å². The average Bonchev–Trinajstić information content (AvgIpc) is 2.59. The molecule has 1 aromatic carbocycles. The van der Waals surface area contributed by atoms with Gasteiger partial charge in [0.2, 0.25) is 0 Å². The molecule has 1 heterocycles. The lowest BCUT2D eigenvalue weighted by molar-refractivity contribution is 0.415. The molecule has 16 heavy (non-hydrogen) atoms. The molecule has 0 spiro atoms. The van der Waals surface area contributed by atoms with Crippen molar-refractivity contribution < 1.29 is 9.13 Å². The van der Waals surface area contributed by atoms with E-state index in [1.165, 1.54) is 23.9 Å². The van der Waals surface area contributed by atoms with Gasteiger partial charge in [-0.3, -0.25) is 4.68 Å². The second kappa shape index (κ2) is 3.84. The van der Waals surface area contributed by atoms with Crippen molar-refractivity contribution in [1.29, 1.82) is 0 Å². The van der Waals surface area contributed by atoms with Crippen LogP contribution in [0.4, 0.5) is 10.2 Å². The predicted octanol–water partition coefficient (Wildman–Crippen LogP) is 1.82. The van der Waals surface area contributed by atoms with Crippen LogP contribution in [0.1, 0.15) is 0 Å². The van der Waals surface area contributed by atoms with Crippen LogP contribution in [-0.2, 0) is 7.05 Å². The Balaban J connectivity index is 2.57. The highest BCUT2D eigenvalue weighted by molar-refractivity contribution is 5.69. The maximum absolute atomic E-state index is 13.2. The lowest BCUT2D eigenvalue weighted by atomic mass is 10.1. The van der Waals surface area contributed by atoms with Crippen molar-refractivity contribution in [2.24, 2.45) is 7.05 Å². The third-order valence-electron chi connectivity index (χ3n) is 2.35. The number of hydrogen-bond acceptors (Lipinski definition) is 3. The summed E-state index contributed by atoms with van der Waals surface area (Å²) < 4.78 is 19.8. The smallest absolute Gasteiger partial charge is 0.128 e. The Kier molecular flexibility index (Phi) is 2.52. The summed E-state index contributed by atoms with van der Waals surface area (Å²) in [5.74, 6) is 0.751. The number of ether oxygens (including phenoxy) is 1. The topological polar surface area (TPSA) is 53.1 Å². The molecule has 0 amide bonds. The number of aromatic nitrogens is 2. The summed E-state index contributed by atoms with van der Waals surface area (Å²) in [6, 6.07) is 5.96. The maximum Gasteiger partial charge on any atom is 0.128 e. The predicted molar refractivity (Wildman–Crippen MR) is 59.6 cm³/mol. The molecule has 0 bridgehead atoms. The molecule has 0 aliphatic rings. The molecule has 5 heteroatoms. The van der Waals surface area contributed by atoms with Crippen LogP contribution < -0.4 is 10.5 Å². The van der Waals surface area contributed by atoms with Crippen LogP contribution in [0.15, 0.2) is 24.3 Å². The monoisotopic (exact) mass is 221 g/mol. The Morgan fingerprint density at radius 2 is 2.12 bits per heavy atom. The zero-order chi connectivity index (χ0) is 11.7. The first-order valence-electron chi connectivity index (χ1n) is 4.75. The van der Waals surface area contributed by atoms with Gasteiger partial charge < -0.3 is 10.5 Å². The SMILES string of the molecule is COc1ccc(F)cc1-c1cc(N)n(C)n1. The zero-order valence-electron chi connectivity index (χ0n) is 9.07. The molecule has 0 fully saturated rings. The van der Waals surface area contributed by atoms with Crippen LogP contribution in [0.3, 0.4) is 0 Å². The van der Waals surface area contributed by atoms with Gasteiger partial charge in [-0.2, -0.15) is 5.10 Å². The molecule has 0 saturated carbocycles. The molecule has 0 aliphatic heterocycles. The molecule has 2 rings (SSSR count). The quantitative estimate of drug-likeness (QED) is 0.841. The van der Waals surface area contributed by atoms with Crippen molar-refractivity contribution in [2.45, 2.75) is 0 Å². The number of anilines is 1. The van der Waals surface area contributed by atoms with Crippen LogP contribution in [0.2, 0.25) is 0 Å². The molecule has 0 atom stereocenters. The molecule has 4 nitrogen and oxygen atoms in total. The van der Waals surface area contributed by atoms with Crippen molar-refractivity contribution >= 4 is 5.82 Å². The summed E-state index contributed by atoms with van der Waals surface area (Å²) in [7, 11) is 3.26. The Bertz CT molecular complexity index is 502. The van der Waals surface area contributed by atoms with E-state index in [0.29, 0.717) is 22.8 Å². The summed E-state index contributed by atoms with van der Waals surface area (Å²) in [5.41, 5.74) is 6.86. The summed E-state index contributed by atoms with van der Waals surface area (Å²) in [4.78, 5) is 0. The summed E-state index contributed by atoms with van der Waals surface area (Å²) in [6.07, 6.45) is 0. The molecule has 2 N–H and O–H groups in total. The van der Waals surface area contributed by atoms with Gasteiger partial charge >= 0.3 is 0 Å². The number of nitrogens with two attached hydrogens (primary N) is 1. The Morgan fingerprint density at radius 3 is 2.69 bits per heavy atom. The van der Waals surface area contributed by atoms with Crippen molar-refractivity contribution in [3.05, 3.63) is 30.1 Å². The van der Waals surface area contributed by atoms with Gasteiger partial charge in [0.15, 0.2) is 0 Å². The fourth-order valence-corrected chi connectivity index (χ4v) is 1.49. The first-order valence-corrected chi connectivity index (χ1v) is 4.75. The Hall–Kier alpha value is -2.04. The summed E-state index contributed by atoms with van der Waals surface area (Å²) in [5, 5.41) is 4.18. The van der Waals surface area contributed by atoms with Crippen molar-refractivity contribution in [1.82, 2.24) is 9.78 Å². The van der Waals surface area contributed by atoms with E-state index in [4.69, 9.17) is 10.5 Å². The van der Waals surface area contributed by atoms with E-state index in [-0.39, 0.29) is 5.82 Å². The lowest BCUT2D eigenvalue weighted by Gasteiger charge is -2.05. The minimum Gasteiger partial charge on any atom is -0.496 e. The number of aryl methyl sites for hydroxylation is 1. The van der Waals surface area contributed by atoms with Crippen molar-refractivity contribution in [3.63, 3.8) is 0 Å². The third kappa shape index (κ3) is 1.71. The van der Waals surface area contributed by atoms with Gasteiger partial charge in [0.05, 0.1) is 12.8 Å². The van der Waals surface area contributed by atoms with E-state index in [2.05, 4.69) is 5.10 Å². The molecule has 0 unspecified atom stereocenters. The minimum atomic E-state index is -0.333. The van der Waals surface area contributed by atoms with E-state index < -0.39 is 0 Å². The zero-order valence-corrected chi connectivity index (χ0v) is 9.07. The van der Waals surface area contributed by atoms with E-state index >= 15 is 0 Å². The second-order valence-electron chi connectivity index (χ2n) is 3.42. The lowest BCUT2D eigenvalue weighted by Crippen LogP contribution is -1.96. The van der Waals surface area contributed by atoms with Gasteiger partial charge in [-0.25, -0.2) is 4.39 Å². The Labute approximate surface area is 92.4 Å². The second-order valence-corrected chi connectivity index (χ2v) is 3.42. The molecule has 0 saturated heterocycles. The van der Waals surface area contributed by atoms with Gasteiger partial charge in [-0.1, -0.05) is 0 Å². The number of nitrogen functional groups attached to an aromatic ring is 1. The average molecular weight is 221 g/mol. The summed E-state index contributed by atoms with van der Waals surface area (Å²) in [6.45, 7) is 0. The maximum atomic E-state index is 13.2. The highest BCUT2D eigenvalue weighted by atomic mass is 19.1. The largest absolute Gasteiger partial charge is 0.496 e. The fourth-order valence-electron chi connectivity index (χ4n) is 1.49. The summed E-state index contributed by atoms with van der Waals surface area (Å²) >= 11 is 0. The molecule has 0 radical (unpaired) electrons. The van der Waals surface area contributed by atoms with Gasteiger partial charge in [0.25, 0.3) is 0 Å². The molecule has 2 aromatic rings. The highest BCUT2D eigenvalue weighted by Gasteiger charge is 2.11. The van der Waals surface area contributed by atoms with Crippen molar-refractivity contribution in [3.8, 4) is 17.0 Å². The van der Waals surface area contributed by atoms with E-state index in [0.717, 1.165) is 0 Å². The van der Waals surface area contributed by atoms with Gasteiger partial charge in [-0.05, 0) is 18.2 Å². The van der Waals surface area contributed by atoms with E-state index in [9.17, 15) is 4.39 Å². The third-order valence-corrected chi connectivity index (χ3v) is 2.35.